The van der Waals surface area contributed by atoms with Crippen molar-refractivity contribution >= 4 is 11.6 Å². The monoisotopic (exact) mass is 288 g/mol. The van der Waals surface area contributed by atoms with Gasteiger partial charge in [0.1, 0.15) is 0 Å². The molecule has 3 N–H and O–H groups in total. The molecule has 1 aliphatic carbocycles. The lowest BCUT2D eigenvalue weighted by molar-refractivity contribution is -0.127. The fourth-order valence-corrected chi connectivity index (χ4v) is 3.46. The first-order valence-electron chi connectivity index (χ1n) is 7.97. The minimum absolute atomic E-state index is 0.104. The molecule has 1 aliphatic rings. The highest BCUT2D eigenvalue weighted by Crippen LogP contribution is 2.39. The summed E-state index contributed by atoms with van der Waals surface area (Å²) in [6, 6.07) is 4.22. The predicted molar refractivity (Wildman–Crippen MR) is 88.4 cm³/mol. The van der Waals surface area contributed by atoms with E-state index in [1.807, 2.05) is 13.8 Å². The van der Waals surface area contributed by atoms with E-state index in [4.69, 9.17) is 5.73 Å². The number of nitrogens with two attached hydrogens (primary N) is 1. The van der Waals surface area contributed by atoms with E-state index in [0.717, 1.165) is 42.5 Å². The normalized spacial score (nSPS) is 25.7. The fourth-order valence-electron chi connectivity index (χ4n) is 3.46. The van der Waals surface area contributed by atoms with Crippen molar-refractivity contribution < 1.29 is 4.79 Å². The quantitative estimate of drug-likeness (QED) is 0.891. The maximum Gasteiger partial charge on any atom is 0.231 e. The average molecular weight is 288 g/mol. The van der Waals surface area contributed by atoms with Crippen molar-refractivity contribution in [3.8, 4) is 0 Å². The van der Waals surface area contributed by atoms with E-state index in [-0.39, 0.29) is 11.3 Å². The summed E-state index contributed by atoms with van der Waals surface area (Å²) in [6.07, 6.45) is 3.99. The molecule has 2 rings (SSSR count). The average Bonchev–Trinajstić information content (AvgIpc) is 2.43. The van der Waals surface area contributed by atoms with Gasteiger partial charge in [-0.3, -0.25) is 4.79 Å². The van der Waals surface area contributed by atoms with Crippen molar-refractivity contribution in [1.82, 2.24) is 0 Å². The second kappa shape index (κ2) is 6.18. The van der Waals surface area contributed by atoms with Crippen molar-refractivity contribution in [2.24, 2.45) is 17.1 Å². The second-order valence-electron chi connectivity index (χ2n) is 6.89. The topological polar surface area (TPSA) is 55.1 Å². The van der Waals surface area contributed by atoms with Crippen LogP contribution in [0.4, 0.5) is 5.69 Å². The molecule has 0 heterocycles. The van der Waals surface area contributed by atoms with Crippen molar-refractivity contribution in [3.63, 3.8) is 0 Å². The zero-order chi connectivity index (χ0) is 15.6. The number of nitrogens with one attached hydrogen (secondary N) is 1. The van der Waals surface area contributed by atoms with Crippen LogP contribution in [0.25, 0.3) is 0 Å². The fraction of sp³-hybridized carbons (Fsp3) is 0.611. The molecule has 1 fully saturated rings. The lowest BCUT2D eigenvalue weighted by atomic mass is 9.70. The molecule has 0 radical (unpaired) electrons. The number of anilines is 1. The highest BCUT2D eigenvalue weighted by molar-refractivity contribution is 5.97. The zero-order valence-electron chi connectivity index (χ0n) is 13.8. The zero-order valence-corrected chi connectivity index (χ0v) is 13.8. The number of amides is 1. The van der Waals surface area contributed by atoms with Crippen LogP contribution >= 0.6 is 0 Å². The first-order valence-corrected chi connectivity index (χ1v) is 7.97. The SMILES string of the molecule is Cc1cc(C)c(NC(=O)C2(CN)CCC(C)CC2)c(C)c1. The molecular weight excluding hydrogens is 260 g/mol. The second-order valence-corrected chi connectivity index (χ2v) is 6.89. The number of carbonyl (C=O) groups excluding carboxylic acids is 1. The summed E-state index contributed by atoms with van der Waals surface area (Å²) >= 11 is 0. The van der Waals surface area contributed by atoms with Crippen LogP contribution in [0, 0.1) is 32.1 Å². The van der Waals surface area contributed by atoms with Crippen LogP contribution in [0.15, 0.2) is 12.1 Å². The summed E-state index contributed by atoms with van der Waals surface area (Å²) in [4.78, 5) is 12.8. The van der Waals surface area contributed by atoms with E-state index in [2.05, 4.69) is 31.3 Å². The van der Waals surface area contributed by atoms with Crippen LogP contribution in [0.5, 0.6) is 0 Å². The smallest absolute Gasteiger partial charge is 0.231 e. The Morgan fingerprint density at radius 1 is 1.24 bits per heavy atom. The molecule has 3 heteroatoms. The molecule has 1 saturated carbocycles. The molecule has 0 atom stereocenters. The van der Waals surface area contributed by atoms with Gasteiger partial charge in [0.25, 0.3) is 0 Å². The Morgan fingerprint density at radius 2 is 1.76 bits per heavy atom. The predicted octanol–water partition coefficient (Wildman–Crippen LogP) is 3.71. The summed E-state index contributed by atoms with van der Waals surface area (Å²) in [5.41, 5.74) is 10.0. The lowest BCUT2D eigenvalue weighted by Crippen LogP contribution is -2.45. The first-order chi connectivity index (χ1) is 9.88. The Hall–Kier alpha value is -1.35. The largest absolute Gasteiger partial charge is 0.329 e. The standard InChI is InChI=1S/C18H28N2O/c1-12-5-7-18(11-19,8-6-12)17(21)20-16-14(3)9-13(2)10-15(16)4/h9-10,12H,5-8,11,19H2,1-4H3,(H,20,21). The van der Waals surface area contributed by atoms with E-state index in [1.54, 1.807) is 0 Å². The van der Waals surface area contributed by atoms with Crippen molar-refractivity contribution in [1.29, 1.82) is 0 Å². The Balaban J connectivity index is 2.21. The summed E-state index contributed by atoms with van der Waals surface area (Å²) < 4.78 is 0. The van der Waals surface area contributed by atoms with Gasteiger partial charge in [-0.1, -0.05) is 24.6 Å². The van der Waals surface area contributed by atoms with Gasteiger partial charge in [0.2, 0.25) is 5.91 Å². The van der Waals surface area contributed by atoms with Gasteiger partial charge in [-0.15, -0.1) is 0 Å². The number of hydrogen-bond donors (Lipinski definition) is 2. The maximum absolute atomic E-state index is 12.8. The highest BCUT2D eigenvalue weighted by Gasteiger charge is 2.40. The molecule has 3 nitrogen and oxygen atoms in total. The molecule has 0 aliphatic heterocycles. The van der Waals surface area contributed by atoms with E-state index >= 15 is 0 Å². The summed E-state index contributed by atoms with van der Waals surface area (Å²) in [6.45, 7) is 8.87. The highest BCUT2D eigenvalue weighted by atomic mass is 16.2. The first kappa shape index (κ1) is 16.0. The molecule has 21 heavy (non-hydrogen) atoms. The van der Waals surface area contributed by atoms with E-state index in [9.17, 15) is 4.79 Å². The summed E-state index contributed by atoms with van der Waals surface area (Å²) in [7, 11) is 0. The number of carbonyl (C=O) groups is 1. The van der Waals surface area contributed by atoms with Gasteiger partial charge in [0.15, 0.2) is 0 Å². The van der Waals surface area contributed by atoms with Crippen LogP contribution in [0.2, 0.25) is 0 Å². The van der Waals surface area contributed by atoms with Crippen LogP contribution in [0.1, 0.15) is 49.3 Å². The molecule has 1 aromatic carbocycles. The molecule has 0 unspecified atom stereocenters. The third-order valence-electron chi connectivity index (χ3n) is 5.02. The van der Waals surface area contributed by atoms with Gasteiger partial charge in [-0.05, 0) is 63.5 Å². The van der Waals surface area contributed by atoms with Gasteiger partial charge in [0, 0.05) is 12.2 Å². The lowest BCUT2D eigenvalue weighted by Gasteiger charge is -2.37. The van der Waals surface area contributed by atoms with Crippen molar-refractivity contribution in [3.05, 3.63) is 28.8 Å². The Morgan fingerprint density at radius 3 is 2.24 bits per heavy atom. The van der Waals surface area contributed by atoms with Crippen molar-refractivity contribution in [2.75, 3.05) is 11.9 Å². The Labute approximate surface area is 128 Å². The van der Waals surface area contributed by atoms with Crippen LogP contribution in [-0.4, -0.2) is 12.5 Å². The van der Waals surface area contributed by atoms with Crippen molar-refractivity contribution in [2.45, 2.75) is 53.4 Å². The number of rotatable bonds is 3. The minimum Gasteiger partial charge on any atom is -0.329 e. The van der Waals surface area contributed by atoms with E-state index < -0.39 is 0 Å². The molecule has 0 aromatic heterocycles. The molecule has 0 spiro atoms. The number of aryl methyl sites for hydroxylation is 3. The Kier molecular flexibility index (Phi) is 4.72. The van der Waals surface area contributed by atoms with Crippen LogP contribution < -0.4 is 11.1 Å². The number of hydrogen-bond acceptors (Lipinski definition) is 2. The maximum atomic E-state index is 12.8. The summed E-state index contributed by atoms with van der Waals surface area (Å²) in [5.74, 6) is 0.812. The molecule has 0 saturated heterocycles. The van der Waals surface area contributed by atoms with E-state index in [0.29, 0.717) is 12.5 Å². The van der Waals surface area contributed by atoms with E-state index in [1.165, 1.54) is 5.56 Å². The van der Waals surface area contributed by atoms with Gasteiger partial charge in [-0.2, -0.15) is 0 Å². The third kappa shape index (κ3) is 3.29. The molecule has 0 bridgehead atoms. The number of benzene rings is 1. The molecular formula is C18H28N2O. The molecule has 116 valence electrons. The van der Waals surface area contributed by atoms with Gasteiger partial charge >= 0.3 is 0 Å². The Bertz CT molecular complexity index is 505. The van der Waals surface area contributed by atoms with Crippen LogP contribution in [-0.2, 0) is 4.79 Å². The van der Waals surface area contributed by atoms with Gasteiger partial charge in [0.05, 0.1) is 5.41 Å². The third-order valence-corrected chi connectivity index (χ3v) is 5.02. The molecule has 1 aromatic rings. The summed E-state index contributed by atoms with van der Waals surface area (Å²) in [5, 5.41) is 3.16. The van der Waals surface area contributed by atoms with Gasteiger partial charge < -0.3 is 11.1 Å². The molecule has 1 amide bonds. The van der Waals surface area contributed by atoms with Crippen LogP contribution in [0.3, 0.4) is 0 Å². The van der Waals surface area contributed by atoms with Gasteiger partial charge in [-0.25, -0.2) is 0 Å². The minimum atomic E-state index is -0.379.